The van der Waals surface area contributed by atoms with Crippen molar-refractivity contribution < 1.29 is 13.9 Å². The lowest BCUT2D eigenvalue weighted by Gasteiger charge is -2.32. The molecule has 2 aromatic heterocycles. The van der Waals surface area contributed by atoms with Crippen molar-refractivity contribution in [1.29, 1.82) is 0 Å². The van der Waals surface area contributed by atoms with Crippen LogP contribution in [-0.4, -0.2) is 52.1 Å². The maximum Gasteiger partial charge on any atom is 0.272 e. The number of imidazole rings is 1. The van der Waals surface area contributed by atoms with Gasteiger partial charge in [-0.25, -0.2) is 14.4 Å². The molecule has 7 heteroatoms. The summed E-state index contributed by atoms with van der Waals surface area (Å²) in [7, 11) is 1.68. The fraction of sp³-hybridized carbons (Fsp3) is 0.381. The first-order valence-electron chi connectivity index (χ1n) is 9.52. The van der Waals surface area contributed by atoms with E-state index in [0.29, 0.717) is 25.1 Å². The number of halogens is 1. The van der Waals surface area contributed by atoms with E-state index in [1.165, 1.54) is 6.07 Å². The summed E-state index contributed by atoms with van der Waals surface area (Å²) in [5.41, 5.74) is 0.512. The van der Waals surface area contributed by atoms with Gasteiger partial charge in [0, 0.05) is 50.4 Å². The summed E-state index contributed by atoms with van der Waals surface area (Å²) in [6.45, 7) is 2.61. The molecule has 3 aromatic rings. The standard InChI is InChI=1S/C21H23FN4O2/c1-28-13-12-25-11-9-23-20(25)16-5-3-10-26(14-16)21(27)18-8-7-15-4-2-6-17(22)19(15)24-18/h2,4,6-9,11,16H,3,5,10,12-14H2,1H3. The van der Waals surface area contributed by atoms with Crippen LogP contribution in [0.15, 0.2) is 42.7 Å². The number of hydrogen-bond donors (Lipinski definition) is 0. The molecular weight excluding hydrogens is 359 g/mol. The number of nitrogens with zero attached hydrogens (tertiary/aromatic N) is 4. The van der Waals surface area contributed by atoms with Crippen LogP contribution in [-0.2, 0) is 11.3 Å². The van der Waals surface area contributed by atoms with Gasteiger partial charge < -0.3 is 14.2 Å². The number of carbonyl (C=O) groups is 1. The Hall–Kier alpha value is -2.80. The molecule has 0 aliphatic carbocycles. The molecule has 1 aromatic carbocycles. The van der Waals surface area contributed by atoms with Gasteiger partial charge in [0.05, 0.1) is 6.61 Å². The van der Waals surface area contributed by atoms with Gasteiger partial charge in [0.25, 0.3) is 5.91 Å². The number of aromatic nitrogens is 3. The number of pyridine rings is 1. The lowest BCUT2D eigenvalue weighted by molar-refractivity contribution is 0.0697. The third kappa shape index (κ3) is 3.62. The van der Waals surface area contributed by atoms with E-state index in [1.807, 2.05) is 6.20 Å². The number of para-hydroxylation sites is 1. The van der Waals surface area contributed by atoms with Gasteiger partial charge in [0.1, 0.15) is 22.9 Å². The first kappa shape index (κ1) is 18.6. The van der Waals surface area contributed by atoms with Crippen molar-refractivity contribution in [1.82, 2.24) is 19.4 Å². The average Bonchev–Trinajstić information content (AvgIpc) is 3.20. The van der Waals surface area contributed by atoms with Gasteiger partial charge in [-0.15, -0.1) is 0 Å². The van der Waals surface area contributed by atoms with Crippen LogP contribution in [0.1, 0.15) is 35.1 Å². The van der Waals surface area contributed by atoms with E-state index in [2.05, 4.69) is 14.5 Å². The van der Waals surface area contributed by atoms with Crippen molar-refractivity contribution in [3.8, 4) is 0 Å². The Morgan fingerprint density at radius 1 is 1.32 bits per heavy atom. The van der Waals surface area contributed by atoms with Crippen LogP contribution >= 0.6 is 0 Å². The Kier molecular flexibility index (Phi) is 5.34. The number of likely N-dealkylation sites (tertiary alicyclic amines) is 1. The van der Waals surface area contributed by atoms with Crippen molar-refractivity contribution >= 4 is 16.8 Å². The predicted molar refractivity (Wildman–Crippen MR) is 104 cm³/mol. The number of ether oxygens (including phenoxy) is 1. The molecular formula is C21H23FN4O2. The number of methoxy groups -OCH3 is 1. The minimum atomic E-state index is -0.413. The van der Waals surface area contributed by atoms with Crippen LogP contribution in [0.4, 0.5) is 4.39 Å². The third-order valence-electron chi connectivity index (χ3n) is 5.25. The quantitative estimate of drug-likeness (QED) is 0.680. The number of fused-ring (bicyclic) bond motifs is 1. The lowest BCUT2D eigenvalue weighted by atomic mass is 9.96. The second kappa shape index (κ2) is 8.06. The molecule has 1 atom stereocenters. The molecule has 0 bridgehead atoms. The predicted octanol–water partition coefficient (Wildman–Crippen LogP) is 3.24. The van der Waals surface area contributed by atoms with E-state index in [1.54, 1.807) is 42.5 Å². The molecule has 1 aliphatic heterocycles. The van der Waals surface area contributed by atoms with E-state index >= 15 is 0 Å². The van der Waals surface area contributed by atoms with Crippen LogP contribution in [0.5, 0.6) is 0 Å². The highest BCUT2D eigenvalue weighted by Gasteiger charge is 2.28. The van der Waals surface area contributed by atoms with E-state index in [4.69, 9.17) is 4.74 Å². The molecule has 1 aliphatic rings. The minimum Gasteiger partial charge on any atom is -0.383 e. The summed E-state index contributed by atoms with van der Waals surface area (Å²) in [6.07, 6.45) is 5.62. The Labute approximate surface area is 163 Å². The summed E-state index contributed by atoms with van der Waals surface area (Å²) in [6, 6.07) is 8.21. The fourth-order valence-electron chi connectivity index (χ4n) is 3.82. The van der Waals surface area contributed by atoms with Gasteiger partial charge >= 0.3 is 0 Å². The zero-order valence-electron chi connectivity index (χ0n) is 15.8. The number of rotatable bonds is 5. The van der Waals surface area contributed by atoms with Crippen LogP contribution in [0.2, 0.25) is 0 Å². The summed E-state index contributed by atoms with van der Waals surface area (Å²) in [5, 5.41) is 0.688. The summed E-state index contributed by atoms with van der Waals surface area (Å²) in [4.78, 5) is 23.6. The Morgan fingerprint density at radius 2 is 2.21 bits per heavy atom. The summed E-state index contributed by atoms with van der Waals surface area (Å²) in [5.74, 6) is 0.572. The maximum absolute atomic E-state index is 14.1. The van der Waals surface area contributed by atoms with Gasteiger partial charge in [-0.3, -0.25) is 4.79 Å². The van der Waals surface area contributed by atoms with Gasteiger partial charge in [-0.05, 0) is 25.0 Å². The Morgan fingerprint density at radius 3 is 3.07 bits per heavy atom. The van der Waals surface area contributed by atoms with Crippen LogP contribution < -0.4 is 0 Å². The van der Waals surface area contributed by atoms with E-state index in [-0.39, 0.29) is 23.0 Å². The van der Waals surface area contributed by atoms with Crippen LogP contribution in [0.25, 0.3) is 10.9 Å². The maximum atomic E-state index is 14.1. The molecule has 0 N–H and O–H groups in total. The monoisotopic (exact) mass is 382 g/mol. The topological polar surface area (TPSA) is 60.2 Å². The van der Waals surface area contributed by atoms with Gasteiger partial charge in [0.15, 0.2) is 0 Å². The Balaban J connectivity index is 1.54. The van der Waals surface area contributed by atoms with Crippen molar-refractivity contribution in [2.24, 2.45) is 0 Å². The average molecular weight is 382 g/mol. The first-order valence-corrected chi connectivity index (χ1v) is 9.52. The molecule has 28 heavy (non-hydrogen) atoms. The zero-order chi connectivity index (χ0) is 19.5. The normalized spacial score (nSPS) is 17.2. The van der Waals surface area contributed by atoms with E-state index < -0.39 is 5.82 Å². The lowest BCUT2D eigenvalue weighted by Crippen LogP contribution is -2.40. The van der Waals surface area contributed by atoms with Crippen molar-refractivity contribution in [3.05, 3.63) is 60.1 Å². The van der Waals surface area contributed by atoms with E-state index in [0.717, 1.165) is 25.2 Å². The SMILES string of the molecule is COCCn1ccnc1C1CCCN(C(=O)c2ccc3cccc(F)c3n2)C1. The molecule has 6 nitrogen and oxygen atoms in total. The number of benzene rings is 1. The highest BCUT2D eigenvalue weighted by molar-refractivity contribution is 5.95. The second-order valence-corrected chi connectivity index (χ2v) is 7.07. The van der Waals surface area contributed by atoms with Crippen molar-refractivity contribution in [2.45, 2.75) is 25.3 Å². The summed E-state index contributed by atoms with van der Waals surface area (Å²) >= 11 is 0. The number of carbonyl (C=O) groups excluding carboxylic acids is 1. The molecule has 0 spiro atoms. The highest BCUT2D eigenvalue weighted by atomic mass is 19.1. The molecule has 1 unspecified atom stereocenters. The molecule has 0 saturated carbocycles. The van der Waals surface area contributed by atoms with Crippen LogP contribution in [0, 0.1) is 5.82 Å². The van der Waals surface area contributed by atoms with Gasteiger partial charge in [-0.1, -0.05) is 18.2 Å². The second-order valence-electron chi connectivity index (χ2n) is 7.07. The zero-order valence-corrected chi connectivity index (χ0v) is 15.8. The van der Waals surface area contributed by atoms with Crippen molar-refractivity contribution in [2.75, 3.05) is 26.8 Å². The van der Waals surface area contributed by atoms with Crippen LogP contribution in [0.3, 0.4) is 0 Å². The molecule has 3 heterocycles. The first-order chi connectivity index (χ1) is 13.7. The van der Waals surface area contributed by atoms with E-state index in [9.17, 15) is 9.18 Å². The smallest absolute Gasteiger partial charge is 0.272 e. The fourth-order valence-corrected chi connectivity index (χ4v) is 3.82. The highest BCUT2D eigenvalue weighted by Crippen LogP contribution is 2.27. The Bertz CT molecular complexity index is 987. The third-order valence-corrected chi connectivity index (χ3v) is 5.25. The minimum absolute atomic E-state index is 0.162. The molecule has 4 rings (SSSR count). The number of hydrogen-bond acceptors (Lipinski definition) is 4. The molecule has 1 fully saturated rings. The summed E-state index contributed by atoms with van der Waals surface area (Å²) < 4.78 is 21.3. The molecule has 1 amide bonds. The van der Waals surface area contributed by atoms with Crippen molar-refractivity contribution in [3.63, 3.8) is 0 Å². The van der Waals surface area contributed by atoms with Gasteiger partial charge in [0.2, 0.25) is 0 Å². The largest absolute Gasteiger partial charge is 0.383 e. The molecule has 0 radical (unpaired) electrons. The van der Waals surface area contributed by atoms with Gasteiger partial charge in [-0.2, -0.15) is 0 Å². The molecule has 146 valence electrons. The number of amides is 1. The number of piperidine rings is 1. The molecule has 1 saturated heterocycles.